The Morgan fingerprint density at radius 3 is 2.74 bits per heavy atom. The van der Waals surface area contributed by atoms with Crippen molar-refractivity contribution in [3.05, 3.63) is 59.7 Å². The third-order valence-electron chi connectivity index (χ3n) is 3.38. The van der Waals surface area contributed by atoms with Gasteiger partial charge in [-0.25, -0.2) is 0 Å². The van der Waals surface area contributed by atoms with Crippen molar-refractivity contribution < 1.29 is 9.47 Å². The maximum absolute atomic E-state index is 5.51. The molecule has 0 radical (unpaired) electrons. The van der Waals surface area contributed by atoms with E-state index in [2.05, 4.69) is 42.6 Å². The molecule has 0 spiro atoms. The molecule has 2 aromatic rings. The Bertz CT molecular complexity index is 554. The third-order valence-corrected chi connectivity index (χ3v) is 3.38. The van der Waals surface area contributed by atoms with Crippen LogP contribution >= 0.6 is 0 Å². The maximum Gasteiger partial charge on any atom is 0.231 e. The molecular formula is C16H17NO2. The van der Waals surface area contributed by atoms with E-state index in [1.807, 2.05) is 18.2 Å². The van der Waals surface area contributed by atoms with Gasteiger partial charge < -0.3 is 14.8 Å². The Hall–Kier alpha value is -2.00. The van der Waals surface area contributed by atoms with Gasteiger partial charge in [0.2, 0.25) is 6.79 Å². The van der Waals surface area contributed by atoms with Crippen molar-refractivity contribution in [2.24, 2.45) is 0 Å². The molecule has 1 heterocycles. The van der Waals surface area contributed by atoms with E-state index in [-0.39, 0.29) is 0 Å². The van der Waals surface area contributed by atoms with Crippen LogP contribution in [0, 0.1) is 0 Å². The van der Waals surface area contributed by atoms with Gasteiger partial charge in [-0.1, -0.05) is 42.5 Å². The molecule has 0 fully saturated rings. The molecule has 2 aromatic carbocycles. The summed E-state index contributed by atoms with van der Waals surface area (Å²) < 4.78 is 10.9. The van der Waals surface area contributed by atoms with Crippen molar-refractivity contribution in [1.29, 1.82) is 0 Å². The van der Waals surface area contributed by atoms with Crippen LogP contribution in [0.1, 0.15) is 24.1 Å². The highest BCUT2D eigenvalue weighted by Gasteiger charge is 2.17. The summed E-state index contributed by atoms with van der Waals surface area (Å²) in [7, 11) is 0. The van der Waals surface area contributed by atoms with Gasteiger partial charge in [0.05, 0.1) is 0 Å². The van der Waals surface area contributed by atoms with Gasteiger partial charge in [-0.3, -0.25) is 0 Å². The molecule has 1 atom stereocenters. The first-order valence-electron chi connectivity index (χ1n) is 6.50. The Balaban J connectivity index is 1.69. The summed E-state index contributed by atoms with van der Waals surface area (Å²) in [6.45, 7) is 3.25. The van der Waals surface area contributed by atoms with Crippen LogP contribution in [0.15, 0.2) is 48.5 Å². The normalized spacial score (nSPS) is 14.4. The largest absolute Gasteiger partial charge is 0.454 e. The molecule has 0 unspecified atom stereocenters. The molecule has 3 nitrogen and oxygen atoms in total. The summed E-state index contributed by atoms with van der Waals surface area (Å²) in [5, 5.41) is 3.51. The summed E-state index contributed by atoms with van der Waals surface area (Å²) in [6.07, 6.45) is 0. The summed E-state index contributed by atoms with van der Waals surface area (Å²) >= 11 is 0. The molecule has 0 amide bonds. The highest BCUT2D eigenvalue weighted by atomic mass is 16.7. The van der Waals surface area contributed by atoms with Gasteiger partial charge in [-0.2, -0.15) is 0 Å². The fourth-order valence-corrected chi connectivity index (χ4v) is 2.25. The first kappa shape index (κ1) is 12.1. The Labute approximate surface area is 113 Å². The van der Waals surface area contributed by atoms with Gasteiger partial charge in [0, 0.05) is 18.2 Å². The third kappa shape index (κ3) is 2.56. The quantitative estimate of drug-likeness (QED) is 0.909. The lowest BCUT2D eigenvalue weighted by Crippen LogP contribution is -2.18. The average molecular weight is 255 g/mol. The zero-order chi connectivity index (χ0) is 13.1. The number of nitrogens with one attached hydrogen (secondary N) is 1. The molecule has 0 saturated heterocycles. The minimum absolute atomic E-state index is 0.305. The van der Waals surface area contributed by atoms with Crippen LogP contribution in [0.3, 0.4) is 0 Å². The van der Waals surface area contributed by atoms with Crippen LogP contribution in [0.2, 0.25) is 0 Å². The fraction of sp³-hybridized carbons (Fsp3) is 0.250. The van der Waals surface area contributed by atoms with E-state index in [0.29, 0.717) is 12.8 Å². The predicted molar refractivity (Wildman–Crippen MR) is 74.3 cm³/mol. The van der Waals surface area contributed by atoms with Crippen LogP contribution in [-0.4, -0.2) is 6.79 Å². The summed E-state index contributed by atoms with van der Waals surface area (Å²) in [4.78, 5) is 0. The summed E-state index contributed by atoms with van der Waals surface area (Å²) in [5.41, 5.74) is 2.42. The number of rotatable bonds is 4. The van der Waals surface area contributed by atoms with E-state index < -0.39 is 0 Å². The van der Waals surface area contributed by atoms with Crippen molar-refractivity contribution in [3.8, 4) is 11.5 Å². The zero-order valence-corrected chi connectivity index (χ0v) is 10.9. The van der Waals surface area contributed by atoms with Gasteiger partial charge in [-0.05, 0) is 18.6 Å². The SMILES string of the molecule is C[C@@H](NCc1cccc2c1OCO2)c1ccccc1. The predicted octanol–water partition coefficient (Wildman–Crippen LogP) is 3.27. The maximum atomic E-state index is 5.51. The van der Waals surface area contributed by atoms with Crippen molar-refractivity contribution >= 4 is 0 Å². The number of benzene rings is 2. The van der Waals surface area contributed by atoms with Crippen molar-refractivity contribution in [2.45, 2.75) is 19.5 Å². The first-order valence-corrected chi connectivity index (χ1v) is 6.50. The Morgan fingerprint density at radius 2 is 1.89 bits per heavy atom. The second-order valence-electron chi connectivity index (χ2n) is 4.66. The van der Waals surface area contributed by atoms with Gasteiger partial charge in [0.15, 0.2) is 11.5 Å². The molecule has 3 heteroatoms. The second-order valence-corrected chi connectivity index (χ2v) is 4.66. The number of ether oxygens (including phenoxy) is 2. The van der Waals surface area contributed by atoms with E-state index in [1.165, 1.54) is 5.56 Å². The summed E-state index contributed by atoms with van der Waals surface area (Å²) in [5.74, 6) is 1.71. The number of fused-ring (bicyclic) bond motifs is 1. The van der Waals surface area contributed by atoms with E-state index in [0.717, 1.165) is 23.6 Å². The van der Waals surface area contributed by atoms with Crippen molar-refractivity contribution in [1.82, 2.24) is 5.32 Å². The molecular weight excluding hydrogens is 238 g/mol. The topological polar surface area (TPSA) is 30.5 Å². The van der Waals surface area contributed by atoms with Crippen molar-refractivity contribution in [3.63, 3.8) is 0 Å². The van der Waals surface area contributed by atoms with Gasteiger partial charge >= 0.3 is 0 Å². The minimum atomic E-state index is 0.305. The van der Waals surface area contributed by atoms with Gasteiger partial charge in [-0.15, -0.1) is 0 Å². The van der Waals surface area contributed by atoms with E-state index >= 15 is 0 Å². The van der Waals surface area contributed by atoms with E-state index in [4.69, 9.17) is 9.47 Å². The molecule has 1 aliphatic heterocycles. The van der Waals surface area contributed by atoms with Crippen LogP contribution in [-0.2, 0) is 6.54 Å². The van der Waals surface area contributed by atoms with Crippen LogP contribution in [0.4, 0.5) is 0 Å². The zero-order valence-electron chi connectivity index (χ0n) is 10.9. The van der Waals surface area contributed by atoms with Gasteiger partial charge in [0.25, 0.3) is 0 Å². The Kier molecular flexibility index (Phi) is 3.38. The average Bonchev–Trinajstić information content (AvgIpc) is 2.94. The second kappa shape index (κ2) is 5.33. The molecule has 1 N–H and O–H groups in total. The minimum Gasteiger partial charge on any atom is -0.454 e. The highest BCUT2D eigenvalue weighted by molar-refractivity contribution is 5.48. The lowest BCUT2D eigenvalue weighted by molar-refractivity contribution is 0.173. The molecule has 19 heavy (non-hydrogen) atoms. The lowest BCUT2D eigenvalue weighted by Gasteiger charge is -2.15. The van der Waals surface area contributed by atoms with Crippen molar-refractivity contribution in [2.75, 3.05) is 6.79 Å². The molecule has 0 saturated carbocycles. The van der Waals surface area contributed by atoms with E-state index in [9.17, 15) is 0 Å². The van der Waals surface area contributed by atoms with E-state index in [1.54, 1.807) is 0 Å². The number of para-hydroxylation sites is 1. The lowest BCUT2D eigenvalue weighted by atomic mass is 10.1. The molecule has 3 rings (SSSR count). The Morgan fingerprint density at radius 1 is 1.05 bits per heavy atom. The van der Waals surface area contributed by atoms with Gasteiger partial charge in [0.1, 0.15) is 0 Å². The molecule has 1 aliphatic rings. The fourth-order valence-electron chi connectivity index (χ4n) is 2.25. The summed E-state index contributed by atoms with van der Waals surface area (Å²) in [6, 6.07) is 16.7. The molecule has 0 bridgehead atoms. The highest BCUT2D eigenvalue weighted by Crippen LogP contribution is 2.35. The van der Waals surface area contributed by atoms with Crippen LogP contribution < -0.4 is 14.8 Å². The molecule has 0 aromatic heterocycles. The number of hydrogen-bond donors (Lipinski definition) is 1. The smallest absolute Gasteiger partial charge is 0.231 e. The van der Waals surface area contributed by atoms with Crippen LogP contribution in [0.25, 0.3) is 0 Å². The first-order chi connectivity index (χ1) is 9.34. The standard InChI is InChI=1S/C16H17NO2/c1-12(13-6-3-2-4-7-13)17-10-14-8-5-9-15-16(14)19-11-18-15/h2-9,12,17H,10-11H2,1H3/t12-/m1/s1. The number of hydrogen-bond acceptors (Lipinski definition) is 3. The van der Waals surface area contributed by atoms with Crippen LogP contribution in [0.5, 0.6) is 11.5 Å². The molecule has 98 valence electrons. The molecule has 0 aliphatic carbocycles. The monoisotopic (exact) mass is 255 g/mol.